The zero-order valence-electron chi connectivity index (χ0n) is 15.1. The third-order valence-electron chi connectivity index (χ3n) is 4.13. The summed E-state index contributed by atoms with van der Waals surface area (Å²) in [6.45, 7) is 5.59. The SMILES string of the molecule is Cc1[nH]n(-c2ccc(Oc3ccccc3)c(S(=O)(=O)O)c2)c(=O)c1C(C)C. The van der Waals surface area contributed by atoms with Gasteiger partial charge in [-0.3, -0.25) is 14.4 Å². The van der Waals surface area contributed by atoms with E-state index in [1.165, 1.54) is 16.8 Å². The molecule has 0 amide bonds. The van der Waals surface area contributed by atoms with Gasteiger partial charge in [0.25, 0.3) is 15.7 Å². The third-order valence-corrected chi connectivity index (χ3v) is 5.00. The molecule has 1 heterocycles. The number of ether oxygens (including phenoxy) is 1. The molecule has 2 aromatic carbocycles. The molecule has 27 heavy (non-hydrogen) atoms. The van der Waals surface area contributed by atoms with E-state index in [4.69, 9.17) is 4.74 Å². The van der Waals surface area contributed by atoms with Crippen LogP contribution in [0.15, 0.2) is 58.2 Å². The van der Waals surface area contributed by atoms with Crippen LogP contribution in [0, 0.1) is 6.92 Å². The lowest BCUT2D eigenvalue weighted by atomic mass is 10.1. The summed E-state index contributed by atoms with van der Waals surface area (Å²) in [5, 5.41) is 2.95. The molecule has 8 heteroatoms. The van der Waals surface area contributed by atoms with Crippen molar-refractivity contribution in [3.8, 4) is 17.2 Å². The number of hydrogen-bond acceptors (Lipinski definition) is 4. The average Bonchev–Trinajstić information content (AvgIpc) is 2.90. The maximum atomic E-state index is 12.7. The van der Waals surface area contributed by atoms with Crippen molar-refractivity contribution >= 4 is 10.1 Å². The average molecular weight is 388 g/mol. The van der Waals surface area contributed by atoms with Gasteiger partial charge in [0, 0.05) is 11.3 Å². The lowest BCUT2D eigenvalue weighted by molar-refractivity contribution is 0.449. The number of aryl methyl sites for hydroxylation is 1. The summed E-state index contributed by atoms with van der Waals surface area (Å²) < 4.78 is 40.2. The molecular formula is C19H20N2O5S. The molecule has 7 nitrogen and oxygen atoms in total. The minimum Gasteiger partial charge on any atom is -0.456 e. The van der Waals surface area contributed by atoms with Gasteiger partial charge in [0.05, 0.1) is 5.69 Å². The Balaban J connectivity index is 2.13. The van der Waals surface area contributed by atoms with Crippen molar-refractivity contribution in [1.29, 1.82) is 0 Å². The van der Waals surface area contributed by atoms with Crippen LogP contribution in [0.3, 0.4) is 0 Å². The minimum atomic E-state index is -4.57. The number of aromatic nitrogens is 2. The Bertz CT molecular complexity index is 1130. The van der Waals surface area contributed by atoms with Crippen LogP contribution < -0.4 is 10.3 Å². The summed E-state index contributed by atoms with van der Waals surface area (Å²) in [6, 6.07) is 12.8. The highest BCUT2D eigenvalue weighted by Gasteiger charge is 2.21. The van der Waals surface area contributed by atoms with Gasteiger partial charge >= 0.3 is 0 Å². The summed E-state index contributed by atoms with van der Waals surface area (Å²) in [6.07, 6.45) is 0. The van der Waals surface area contributed by atoms with Crippen LogP contribution in [0.5, 0.6) is 11.5 Å². The molecule has 0 spiro atoms. The molecule has 3 rings (SSSR count). The zero-order valence-corrected chi connectivity index (χ0v) is 15.9. The zero-order chi connectivity index (χ0) is 19.8. The van der Waals surface area contributed by atoms with Crippen molar-refractivity contribution in [3.63, 3.8) is 0 Å². The number of benzene rings is 2. The fourth-order valence-corrected chi connectivity index (χ4v) is 3.59. The molecule has 142 valence electrons. The predicted octanol–water partition coefficient (Wildman–Crippen LogP) is 3.64. The topological polar surface area (TPSA) is 101 Å². The molecule has 0 atom stereocenters. The van der Waals surface area contributed by atoms with Crippen molar-refractivity contribution < 1.29 is 17.7 Å². The van der Waals surface area contributed by atoms with Gasteiger partial charge in [0.2, 0.25) is 0 Å². The second-order valence-corrected chi connectivity index (χ2v) is 7.86. The molecule has 0 unspecified atom stereocenters. The highest BCUT2D eigenvalue weighted by Crippen LogP contribution is 2.30. The van der Waals surface area contributed by atoms with E-state index in [0.29, 0.717) is 17.0 Å². The second-order valence-electron chi connectivity index (χ2n) is 6.47. The van der Waals surface area contributed by atoms with E-state index < -0.39 is 15.0 Å². The van der Waals surface area contributed by atoms with Gasteiger partial charge in [-0.15, -0.1) is 0 Å². The lowest BCUT2D eigenvalue weighted by Crippen LogP contribution is -2.18. The number of nitrogens with zero attached hydrogens (tertiary/aromatic N) is 1. The second kappa shape index (κ2) is 7.05. The third kappa shape index (κ3) is 3.81. The van der Waals surface area contributed by atoms with Crippen molar-refractivity contribution in [2.75, 3.05) is 0 Å². The van der Waals surface area contributed by atoms with E-state index in [1.54, 1.807) is 43.3 Å². The first-order valence-corrected chi connectivity index (χ1v) is 9.79. The molecule has 0 aliphatic heterocycles. The number of para-hydroxylation sites is 1. The Morgan fingerprint density at radius 2 is 1.78 bits per heavy atom. The maximum Gasteiger partial charge on any atom is 0.298 e. The summed E-state index contributed by atoms with van der Waals surface area (Å²) in [4.78, 5) is 12.2. The van der Waals surface area contributed by atoms with Gasteiger partial charge in [-0.05, 0) is 43.2 Å². The van der Waals surface area contributed by atoms with Crippen LogP contribution in [0.4, 0.5) is 0 Å². The van der Waals surface area contributed by atoms with Crippen molar-refractivity contribution in [3.05, 3.63) is 70.1 Å². The molecule has 0 fully saturated rings. The number of aromatic amines is 1. The van der Waals surface area contributed by atoms with E-state index in [2.05, 4.69) is 5.10 Å². The first kappa shape index (κ1) is 18.9. The Hall–Kier alpha value is -2.84. The summed E-state index contributed by atoms with van der Waals surface area (Å²) in [5.74, 6) is 0.398. The standard InChI is InChI=1S/C19H20N2O5S/c1-12(2)18-13(3)20-21(19(18)22)14-9-10-16(17(11-14)27(23,24)25)26-15-7-5-4-6-8-15/h4-12,20H,1-3H3,(H,23,24,25). The highest BCUT2D eigenvalue weighted by molar-refractivity contribution is 7.86. The van der Waals surface area contributed by atoms with Gasteiger partial charge in [0.15, 0.2) is 0 Å². The fraction of sp³-hybridized carbons (Fsp3) is 0.211. The summed E-state index contributed by atoms with van der Waals surface area (Å²) >= 11 is 0. The number of nitrogens with one attached hydrogen (secondary N) is 1. The largest absolute Gasteiger partial charge is 0.456 e. The Labute approximate surface area is 157 Å². The van der Waals surface area contributed by atoms with E-state index in [0.717, 1.165) is 0 Å². The summed E-state index contributed by atoms with van der Waals surface area (Å²) in [7, 11) is -4.57. The Morgan fingerprint density at radius 1 is 1.11 bits per heavy atom. The molecule has 0 saturated carbocycles. The molecule has 0 bridgehead atoms. The Kier molecular flexibility index (Phi) is 4.95. The molecule has 0 saturated heterocycles. The van der Waals surface area contributed by atoms with Crippen LogP contribution in [-0.4, -0.2) is 22.8 Å². The van der Waals surface area contributed by atoms with E-state index in [9.17, 15) is 17.8 Å². The van der Waals surface area contributed by atoms with Crippen molar-refractivity contribution in [2.45, 2.75) is 31.6 Å². The molecule has 0 aliphatic rings. The fourth-order valence-electron chi connectivity index (χ4n) is 2.96. The number of rotatable bonds is 5. The van der Waals surface area contributed by atoms with E-state index >= 15 is 0 Å². The van der Waals surface area contributed by atoms with Crippen LogP contribution in [0.2, 0.25) is 0 Å². The van der Waals surface area contributed by atoms with Crippen molar-refractivity contribution in [2.24, 2.45) is 0 Å². The van der Waals surface area contributed by atoms with Gasteiger partial charge in [0.1, 0.15) is 16.4 Å². The number of hydrogen-bond donors (Lipinski definition) is 2. The Morgan fingerprint density at radius 3 is 2.33 bits per heavy atom. The monoisotopic (exact) mass is 388 g/mol. The van der Waals surface area contributed by atoms with Gasteiger partial charge in [-0.2, -0.15) is 8.42 Å². The van der Waals surface area contributed by atoms with E-state index in [1.807, 2.05) is 13.8 Å². The molecule has 2 N–H and O–H groups in total. The minimum absolute atomic E-state index is 0.0109. The van der Waals surface area contributed by atoms with Gasteiger partial charge in [-0.25, -0.2) is 4.68 Å². The quantitative estimate of drug-likeness (QED) is 0.650. The molecule has 1 aromatic heterocycles. The first-order chi connectivity index (χ1) is 12.7. The van der Waals surface area contributed by atoms with Crippen LogP contribution in [0.1, 0.15) is 31.0 Å². The van der Waals surface area contributed by atoms with Crippen LogP contribution in [-0.2, 0) is 10.1 Å². The van der Waals surface area contributed by atoms with Gasteiger partial charge < -0.3 is 4.74 Å². The maximum absolute atomic E-state index is 12.7. The number of H-pyrrole nitrogens is 1. The molecule has 3 aromatic rings. The van der Waals surface area contributed by atoms with Crippen LogP contribution in [0.25, 0.3) is 5.69 Å². The smallest absolute Gasteiger partial charge is 0.298 e. The van der Waals surface area contributed by atoms with Crippen molar-refractivity contribution in [1.82, 2.24) is 9.78 Å². The van der Waals surface area contributed by atoms with Crippen LogP contribution >= 0.6 is 0 Å². The first-order valence-electron chi connectivity index (χ1n) is 8.35. The molecule has 0 radical (unpaired) electrons. The summed E-state index contributed by atoms with van der Waals surface area (Å²) in [5.41, 5.74) is 1.34. The molecular weight excluding hydrogens is 368 g/mol. The highest BCUT2D eigenvalue weighted by atomic mass is 32.2. The van der Waals surface area contributed by atoms with Gasteiger partial charge in [-0.1, -0.05) is 32.0 Å². The molecule has 0 aliphatic carbocycles. The van der Waals surface area contributed by atoms with E-state index in [-0.39, 0.29) is 22.9 Å². The lowest BCUT2D eigenvalue weighted by Gasteiger charge is -2.11. The predicted molar refractivity (Wildman–Crippen MR) is 102 cm³/mol. The normalized spacial score (nSPS) is 11.7.